The number of aliphatic hydroxyl groups excluding tert-OH is 1. The van der Waals surface area contributed by atoms with Crippen LogP contribution in [0, 0.1) is 0 Å². The lowest BCUT2D eigenvalue weighted by atomic mass is 10.00. The van der Waals surface area contributed by atoms with Gasteiger partial charge in [0.2, 0.25) is 11.7 Å². The Morgan fingerprint density at radius 1 is 1.04 bits per heavy atom. The average molecular weight is 408 g/mol. The number of rotatable bonds is 9. The van der Waals surface area contributed by atoms with Crippen molar-refractivity contribution in [1.29, 1.82) is 0 Å². The van der Waals surface area contributed by atoms with Crippen LogP contribution in [-0.2, 0) is 17.8 Å². The molecule has 0 atom stereocenters. The number of aliphatic hydroxyl groups is 1. The minimum Gasteiger partial charge on any atom is -0.493 e. The molecule has 8 heteroatoms. The zero-order chi connectivity index (χ0) is 20.7. The maximum atomic E-state index is 12.8. The van der Waals surface area contributed by atoms with Gasteiger partial charge in [-0.25, -0.2) is 0 Å². The third-order valence-electron chi connectivity index (χ3n) is 4.09. The topological polar surface area (TPSA) is 94.1 Å². The summed E-state index contributed by atoms with van der Waals surface area (Å²) < 4.78 is 15.9. The van der Waals surface area contributed by atoms with Crippen LogP contribution < -0.4 is 19.5 Å². The number of halogens is 1. The first-order valence-corrected chi connectivity index (χ1v) is 8.92. The smallest absolute Gasteiger partial charge is 0.239 e. The van der Waals surface area contributed by atoms with Crippen LogP contribution in [0.1, 0.15) is 21.5 Å². The van der Waals surface area contributed by atoms with E-state index in [0.717, 1.165) is 0 Å². The van der Waals surface area contributed by atoms with E-state index in [1.54, 1.807) is 24.3 Å². The molecule has 0 saturated carbocycles. The summed E-state index contributed by atoms with van der Waals surface area (Å²) in [6.45, 7) is -0.279. The van der Waals surface area contributed by atoms with Crippen molar-refractivity contribution < 1.29 is 28.9 Å². The van der Waals surface area contributed by atoms with Crippen LogP contribution in [-0.4, -0.2) is 44.0 Å². The number of carbonyl (C=O) groups excluding carboxylic acids is 2. The first-order valence-electron chi connectivity index (χ1n) is 8.39. The summed E-state index contributed by atoms with van der Waals surface area (Å²) in [6.07, 6.45) is 0.0814. The van der Waals surface area contributed by atoms with E-state index in [4.69, 9.17) is 25.8 Å². The lowest BCUT2D eigenvalue weighted by Gasteiger charge is -2.14. The number of Topliss-reactive ketones (excluding diaryl/α,β-unsaturated/α-hetero) is 1. The van der Waals surface area contributed by atoms with Gasteiger partial charge in [-0.1, -0.05) is 12.1 Å². The Bertz CT molecular complexity index is 843. The second kappa shape index (κ2) is 9.96. The lowest BCUT2D eigenvalue weighted by Crippen LogP contribution is -2.15. The molecule has 0 heterocycles. The van der Waals surface area contributed by atoms with Gasteiger partial charge < -0.3 is 24.6 Å². The molecule has 0 aliphatic carbocycles. The number of benzene rings is 2. The van der Waals surface area contributed by atoms with E-state index in [-0.39, 0.29) is 24.7 Å². The van der Waals surface area contributed by atoms with Gasteiger partial charge in [-0.2, -0.15) is 0 Å². The zero-order valence-electron chi connectivity index (χ0n) is 15.9. The molecule has 2 N–H and O–H groups in total. The highest BCUT2D eigenvalue weighted by atomic mass is 35.5. The van der Waals surface area contributed by atoms with E-state index in [1.807, 2.05) is 0 Å². The fourth-order valence-electron chi connectivity index (χ4n) is 2.71. The third-order valence-corrected chi connectivity index (χ3v) is 4.33. The van der Waals surface area contributed by atoms with Gasteiger partial charge in [-0.3, -0.25) is 9.59 Å². The second-order valence-corrected chi connectivity index (χ2v) is 6.11. The van der Waals surface area contributed by atoms with Crippen LogP contribution in [0.3, 0.4) is 0 Å². The van der Waals surface area contributed by atoms with Crippen molar-refractivity contribution in [3.63, 3.8) is 0 Å². The van der Waals surface area contributed by atoms with Crippen molar-refractivity contribution in [3.05, 3.63) is 47.0 Å². The number of hydrogen-bond donors (Lipinski definition) is 2. The molecule has 2 aromatic rings. The van der Waals surface area contributed by atoms with Crippen LogP contribution in [0.15, 0.2) is 30.3 Å². The van der Waals surface area contributed by atoms with E-state index in [9.17, 15) is 14.7 Å². The first-order chi connectivity index (χ1) is 13.5. The van der Waals surface area contributed by atoms with Crippen molar-refractivity contribution in [1.82, 2.24) is 0 Å². The Balaban J connectivity index is 2.32. The lowest BCUT2D eigenvalue weighted by molar-refractivity contribution is -0.113. The van der Waals surface area contributed by atoms with Crippen molar-refractivity contribution >= 4 is 29.0 Å². The van der Waals surface area contributed by atoms with E-state index in [0.29, 0.717) is 39.6 Å². The third kappa shape index (κ3) is 4.94. The van der Waals surface area contributed by atoms with E-state index in [1.165, 1.54) is 27.4 Å². The van der Waals surface area contributed by atoms with Crippen LogP contribution in [0.2, 0.25) is 0 Å². The Hall–Kier alpha value is -2.77. The molecule has 0 aromatic heterocycles. The molecular formula is C20H22ClNO6. The number of anilines is 1. The van der Waals surface area contributed by atoms with Crippen molar-refractivity contribution in [2.45, 2.75) is 13.0 Å². The number of ether oxygens (including phenoxy) is 3. The summed E-state index contributed by atoms with van der Waals surface area (Å²) in [5.41, 5.74) is 1.90. The summed E-state index contributed by atoms with van der Waals surface area (Å²) in [5.74, 6) is 0.519. The minimum atomic E-state index is -0.425. The molecule has 0 spiro atoms. The molecular weight excluding hydrogens is 386 g/mol. The van der Waals surface area contributed by atoms with E-state index < -0.39 is 5.91 Å². The Kier molecular flexibility index (Phi) is 7.66. The van der Waals surface area contributed by atoms with Gasteiger partial charge in [-0.05, 0) is 23.8 Å². The predicted octanol–water partition coefficient (Wildman–Crippen LogP) is 2.81. The highest BCUT2D eigenvalue weighted by Crippen LogP contribution is 2.38. The summed E-state index contributed by atoms with van der Waals surface area (Å²) in [5, 5.41) is 12.0. The largest absolute Gasteiger partial charge is 0.493 e. The van der Waals surface area contributed by atoms with Crippen LogP contribution in [0.25, 0.3) is 0 Å². The normalized spacial score (nSPS) is 10.3. The maximum Gasteiger partial charge on any atom is 0.239 e. The fourth-order valence-corrected chi connectivity index (χ4v) is 2.78. The van der Waals surface area contributed by atoms with Gasteiger partial charge in [0.25, 0.3) is 0 Å². The molecule has 28 heavy (non-hydrogen) atoms. The van der Waals surface area contributed by atoms with Crippen LogP contribution in [0.5, 0.6) is 17.2 Å². The van der Waals surface area contributed by atoms with E-state index >= 15 is 0 Å². The Morgan fingerprint density at radius 2 is 1.68 bits per heavy atom. The number of ketones is 1. The second-order valence-electron chi connectivity index (χ2n) is 5.85. The predicted molar refractivity (Wildman–Crippen MR) is 106 cm³/mol. The molecule has 0 bridgehead atoms. The number of nitrogens with one attached hydrogen (secondary N) is 1. The number of hydrogen-bond acceptors (Lipinski definition) is 6. The molecule has 150 valence electrons. The van der Waals surface area contributed by atoms with Gasteiger partial charge in [-0.15, -0.1) is 11.6 Å². The quantitative estimate of drug-likeness (QED) is 0.490. The molecule has 0 fully saturated rings. The fraction of sp³-hybridized carbons (Fsp3) is 0.300. The van der Waals surface area contributed by atoms with Gasteiger partial charge in [0.1, 0.15) is 5.88 Å². The first kappa shape index (κ1) is 21.5. The molecule has 2 aromatic carbocycles. The Morgan fingerprint density at radius 3 is 2.18 bits per heavy atom. The average Bonchev–Trinajstić information content (AvgIpc) is 2.72. The van der Waals surface area contributed by atoms with Gasteiger partial charge in [0, 0.05) is 23.2 Å². The molecule has 0 radical (unpaired) electrons. The highest BCUT2D eigenvalue weighted by Gasteiger charge is 2.17. The number of amides is 1. The number of alkyl halides is 1. The minimum absolute atomic E-state index is 0.0814. The molecule has 0 aliphatic heterocycles. The summed E-state index contributed by atoms with van der Waals surface area (Å²) in [7, 11) is 4.51. The highest BCUT2D eigenvalue weighted by molar-refractivity contribution is 6.29. The van der Waals surface area contributed by atoms with Crippen molar-refractivity contribution in [2.75, 3.05) is 32.5 Å². The van der Waals surface area contributed by atoms with Crippen molar-refractivity contribution in [3.8, 4) is 17.2 Å². The molecule has 0 saturated heterocycles. The molecule has 1 amide bonds. The van der Waals surface area contributed by atoms with Gasteiger partial charge in [0.15, 0.2) is 17.3 Å². The standard InChI is InChI=1S/C20H22ClNO6/c1-26-17-7-12(8-18(27-2)20(17)28-3)6-16(24)13-4-5-14(11-23)15(9-13)22-19(25)10-21/h4-5,7-9,23H,6,10-11H2,1-3H3,(H,22,25). The van der Waals surface area contributed by atoms with Gasteiger partial charge >= 0.3 is 0 Å². The van der Waals surface area contributed by atoms with Gasteiger partial charge in [0.05, 0.1) is 27.9 Å². The summed E-state index contributed by atoms with van der Waals surface area (Å²) in [6, 6.07) is 8.12. The molecule has 0 aliphatic rings. The SMILES string of the molecule is COc1cc(CC(=O)c2ccc(CO)c(NC(=O)CCl)c2)cc(OC)c1OC. The Labute approximate surface area is 168 Å². The maximum absolute atomic E-state index is 12.8. The van der Waals surface area contributed by atoms with Crippen LogP contribution >= 0.6 is 11.6 Å². The van der Waals surface area contributed by atoms with Crippen molar-refractivity contribution in [2.24, 2.45) is 0 Å². The number of methoxy groups -OCH3 is 3. The monoisotopic (exact) mass is 407 g/mol. The van der Waals surface area contributed by atoms with E-state index in [2.05, 4.69) is 5.32 Å². The zero-order valence-corrected chi connectivity index (χ0v) is 16.6. The van der Waals surface area contributed by atoms with Crippen LogP contribution in [0.4, 0.5) is 5.69 Å². The number of carbonyl (C=O) groups is 2. The summed E-state index contributed by atoms with van der Waals surface area (Å²) in [4.78, 5) is 24.3. The molecule has 7 nitrogen and oxygen atoms in total. The summed E-state index contributed by atoms with van der Waals surface area (Å²) >= 11 is 5.51. The molecule has 0 unspecified atom stereocenters. The molecule has 2 rings (SSSR count).